The van der Waals surface area contributed by atoms with Crippen LogP contribution in [0.5, 0.6) is 0 Å². The van der Waals surface area contributed by atoms with Gasteiger partial charge in [0, 0.05) is 37.6 Å². The molecule has 32 heavy (non-hydrogen) atoms. The zero-order chi connectivity index (χ0) is 22.5. The van der Waals surface area contributed by atoms with Crippen LogP contribution in [0, 0.1) is 0 Å². The lowest BCUT2D eigenvalue weighted by molar-refractivity contribution is 0.0842. The van der Waals surface area contributed by atoms with E-state index in [1.54, 1.807) is 0 Å². The summed E-state index contributed by atoms with van der Waals surface area (Å²) in [7, 11) is 2.17. The number of hydrogen-bond acceptors (Lipinski definition) is 4. The van der Waals surface area contributed by atoms with Crippen molar-refractivity contribution in [1.29, 1.82) is 0 Å². The normalized spacial score (nSPS) is 26.7. The van der Waals surface area contributed by atoms with Gasteiger partial charge in [-0.05, 0) is 81.2 Å². The van der Waals surface area contributed by atoms with Crippen LogP contribution in [0.15, 0.2) is 48.7 Å². The van der Waals surface area contributed by atoms with Crippen molar-refractivity contribution in [2.75, 3.05) is 25.1 Å². The topological polar surface area (TPSA) is 40.6 Å². The fourth-order valence-corrected chi connectivity index (χ4v) is 5.65. The van der Waals surface area contributed by atoms with Gasteiger partial charge in [-0.2, -0.15) is 0 Å². The average molecular weight is 449 g/mol. The largest absolute Gasteiger partial charge is 0.376 e. The van der Waals surface area contributed by atoms with Gasteiger partial charge < -0.3 is 19.9 Å². The van der Waals surface area contributed by atoms with Gasteiger partial charge in [-0.1, -0.05) is 18.2 Å². The lowest BCUT2D eigenvalue weighted by atomic mass is 9.86. The summed E-state index contributed by atoms with van der Waals surface area (Å²) in [4.78, 5) is 9.35. The number of nitrogens with zero attached hydrogens (tertiary/aromatic N) is 3. The minimum absolute atomic E-state index is 0.00256. The van der Waals surface area contributed by atoms with E-state index in [0.29, 0.717) is 0 Å². The molecule has 0 amide bonds. The maximum absolute atomic E-state index is 5.97. The fraction of sp³-hybridized carbons (Fsp3) is 0.462. The minimum atomic E-state index is -0.00256. The molecule has 4 heterocycles. The number of rotatable bonds is 4. The van der Waals surface area contributed by atoms with Gasteiger partial charge in [0.05, 0.1) is 29.4 Å². The van der Waals surface area contributed by atoms with Crippen LogP contribution in [0.2, 0.25) is 0 Å². The summed E-state index contributed by atoms with van der Waals surface area (Å²) >= 11 is 5.83. The van der Waals surface area contributed by atoms with E-state index in [0.717, 1.165) is 36.8 Å². The summed E-state index contributed by atoms with van der Waals surface area (Å²) < 4.78 is 5.97. The standard InChI is InChI=1S/C26H32N4OS/c1-17-15-26(2,3)29(4)22-11-10-18(14-20(17)22)24-23(21-9-5-6-12-27-21)28-25(32)30(24)16-19-8-7-13-31-19/h5-6,9-12,14-15,19,23-24H,7-8,13,16H2,1-4H3,(H,28,32)/t19-,23+,24-/m1/s1. The first-order valence-electron chi connectivity index (χ1n) is 11.5. The average Bonchev–Trinajstić information content (AvgIpc) is 3.41. The van der Waals surface area contributed by atoms with E-state index in [4.69, 9.17) is 17.0 Å². The number of thiocarbonyl (C=S) groups is 1. The first-order chi connectivity index (χ1) is 15.3. The molecule has 1 N–H and O–H groups in total. The second-order valence-corrected chi connectivity index (χ2v) is 10.1. The number of nitrogens with one attached hydrogen (secondary N) is 1. The minimum Gasteiger partial charge on any atom is -0.376 e. The molecule has 3 aliphatic rings. The Bertz CT molecular complexity index is 1050. The molecule has 2 aromatic rings. The van der Waals surface area contributed by atoms with E-state index < -0.39 is 0 Å². The number of ether oxygens (including phenoxy) is 1. The molecule has 0 radical (unpaired) electrons. The second kappa shape index (κ2) is 8.16. The van der Waals surface area contributed by atoms with Gasteiger partial charge >= 0.3 is 0 Å². The molecule has 6 heteroatoms. The summed E-state index contributed by atoms with van der Waals surface area (Å²) in [5.74, 6) is 0. The van der Waals surface area contributed by atoms with Gasteiger partial charge in [-0.25, -0.2) is 0 Å². The Labute approximate surface area is 196 Å². The first-order valence-corrected chi connectivity index (χ1v) is 11.9. The molecule has 0 saturated carbocycles. The van der Waals surface area contributed by atoms with Crippen molar-refractivity contribution in [2.24, 2.45) is 0 Å². The SMILES string of the molecule is CC1=CC(C)(C)N(C)c2ccc([C@@H]3[C@H](c4ccccn4)NC(=S)N3C[C@H]3CCCO3)cc21. The van der Waals surface area contributed by atoms with Crippen molar-refractivity contribution in [3.05, 3.63) is 65.5 Å². The Kier molecular flexibility index (Phi) is 5.46. The van der Waals surface area contributed by atoms with Crippen molar-refractivity contribution < 1.29 is 4.74 Å². The van der Waals surface area contributed by atoms with E-state index in [2.05, 4.69) is 78.3 Å². The fourth-order valence-electron chi connectivity index (χ4n) is 5.33. The maximum atomic E-state index is 5.97. The number of benzene rings is 1. The third-order valence-corrected chi connectivity index (χ3v) is 7.56. The zero-order valence-corrected chi connectivity index (χ0v) is 20.2. The molecule has 0 aliphatic carbocycles. The van der Waals surface area contributed by atoms with E-state index >= 15 is 0 Å². The number of hydrogen-bond donors (Lipinski definition) is 1. The lowest BCUT2D eigenvalue weighted by Gasteiger charge is -2.41. The van der Waals surface area contributed by atoms with Gasteiger partial charge in [0.1, 0.15) is 0 Å². The highest BCUT2D eigenvalue weighted by Crippen LogP contribution is 2.43. The predicted octanol–water partition coefficient (Wildman–Crippen LogP) is 4.86. The Morgan fingerprint density at radius 2 is 2.09 bits per heavy atom. The van der Waals surface area contributed by atoms with Crippen molar-refractivity contribution in [1.82, 2.24) is 15.2 Å². The molecule has 0 unspecified atom stereocenters. The third kappa shape index (κ3) is 3.69. The van der Waals surface area contributed by atoms with Crippen molar-refractivity contribution in [3.8, 4) is 0 Å². The highest BCUT2D eigenvalue weighted by Gasteiger charge is 2.41. The molecule has 3 atom stereocenters. The van der Waals surface area contributed by atoms with Crippen LogP contribution in [0.1, 0.15) is 62.5 Å². The van der Waals surface area contributed by atoms with Gasteiger partial charge in [0.2, 0.25) is 0 Å². The van der Waals surface area contributed by atoms with Crippen LogP contribution in [-0.2, 0) is 4.74 Å². The number of allylic oxidation sites excluding steroid dienone is 1. The van der Waals surface area contributed by atoms with Crippen LogP contribution < -0.4 is 10.2 Å². The van der Waals surface area contributed by atoms with Gasteiger partial charge in [-0.3, -0.25) is 4.98 Å². The molecule has 5 nitrogen and oxygen atoms in total. The number of pyridine rings is 1. The lowest BCUT2D eigenvalue weighted by Crippen LogP contribution is -2.42. The number of aromatic nitrogens is 1. The van der Waals surface area contributed by atoms with Crippen molar-refractivity contribution in [3.63, 3.8) is 0 Å². The molecule has 3 aliphatic heterocycles. The van der Waals surface area contributed by atoms with E-state index in [-0.39, 0.29) is 23.7 Å². The highest BCUT2D eigenvalue weighted by atomic mass is 32.1. The van der Waals surface area contributed by atoms with Crippen LogP contribution in [0.25, 0.3) is 5.57 Å². The van der Waals surface area contributed by atoms with E-state index in [9.17, 15) is 0 Å². The molecule has 2 saturated heterocycles. The monoisotopic (exact) mass is 448 g/mol. The molecule has 1 aromatic carbocycles. The van der Waals surface area contributed by atoms with Gasteiger partial charge in [0.25, 0.3) is 0 Å². The predicted molar refractivity (Wildman–Crippen MR) is 134 cm³/mol. The second-order valence-electron chi connectivity index (χ2n) is 9.73. The van der Waals surface area contributed by atoms with Crippen LogP contribution in [0.4, 0.5) is 5.69 Å². The Balaban J connectivity index is 1.57. The molecule has 2 fully saturated rings. The molecule has 1 aromatic heterocycles. The molecule has 0 bridgehead atoms. The molecule has 5 rings (SSSR count). The number of anilines is 1. The molecular weight excluding hydrogens is 416 g/mol. The first kappa shape index (κ1) is 21.4. The smallest absolute Gasteiger partial charge is 0.170 e. The molecule has 0 spiro atoms. The maximum Gasteiger partial charge on any atom is 0.170 e. The Morgan fingerprint density at radius 1 is 1.25 bits per heavy atom. The summed E-state index contributed by atoms with van der Waals surface area (Å²) in [6.07, 6.45) is 6.66. The summed E-state index contributed by atoms with van der Waals surface area (Å²) in [5, 5.41) is 4.35. The molecular formula is C26H32N4OS. The van der Waals surface area contributed by atoms with Crippen molar-refractivity contribution >= 4 is 28.6 Å². The Morgan fingerprint density at radius 3 is 2.81 bits per heavy atom. The van der Waals surface area contributed by atoms with Crippen LogP contribution in [-0.4, -0.2) is 46.8 Å². The number of fused-ring (bicyclic) bond motifs is 1. The third-order valence-electron chi connectivity index (χ3n) is 7.20. The Hall–Kier alpha value is -2.44. The van der Waals surface area contributed by atoms with Crippen LogP contribution in [0.3, 0.4) is 0 Å². The summed E-state index contributed by atoms with van der Waals surface area (Å²) in [5.41, 5.74) is 6.14. The van der Waals surface area contributed by atoms with Crippen LogP contribution >= 0.6 is 12.2 Å². The van der Waals surface area contributed by atoms with Gasteiger partial charge in [0.15, 0.2) is 5.11 Å². The van der Waals surface area contributed by atoms with Crippen molar-refractivity contribution in [2.45, 2.75) is 57.3 Å². The van der Waals surface area contributed by atoms with E-state index in [1.807, 2.05) is 18.3 Å². The zero-order valence-electron chi connectivity index (χ0n) is 19.3. The van der Waals surface area contributed by atoms with E-state index in [1.165, 1.54) is 22.4 Å². The quantitative estimate of drug-likeness (QED) is 0.674. The summed E-state index contributed by atoms with van der Waals surface area (Å²) in [6, 6.07) is 13.1. The summed E-state index contributed by atoms with van der Waals surface area (Å²) in [6.45, 7) is 8.38. The number of likely N-dealkylation sites (N-methyl/N-ethyl adjacent to an activating group) is 1. The van der Waals surface area contributed by atoms with Gasteiger partial charge in [-0.15, -0.1) is 0 Å². The highest BCUT2D eigenvalue weighted by molar-refractivity contribution is 7.80. The molecule has 168 valence electrons.